The van der Waals surface area contributed by atoms with Crippen LogP contribution in [0.25, 0.3) is 0 Å². The summed E-state index contributed by atoms with van der Waals surface area (Å²) in [4.78, 5) is 0. The molecule has 76 valence electrons. The van der Waals surface area contributed by atoms with E-state index < -0.39 is 0 Å². The highest BCUT2D eigenvalue weighted by molar-refractivity contribution is 5.30. The van der Waals surface area contributed by atoms with Gasteiger partial charge in [0.1, 0.15) is 0 Å². The smallest absolute Gasteiger partial charge is 0.0713 e. The topological polar surface area (TPSA) is 35.2 Å². The minimum atomic E-state index is -0.0518. The van der Waals surface area contributed by atoms with E-state index in [0.717, 1.165) is 12.8 Å². The zero-order valence-corrected chi connectivity index (χ0v) is 8.62. The van der Waals surface area contributed by atoms with Gasteiger partial charge in [-0.1, -0.05) is 24.3 Å². The van der Waals surface area contributed by atoms with E-state index in [1.807, 2.05) is 0 Å². The van der Waals surface area contributed by atoms with Crippen molar-refractivity contribution in [3.8, 4) is 0 Å². The van der Waals surface area contributed by atoms with Gasteiger partial charge >= 0.3 is 0 Å². The fraction of sp³-hybridized carbons (Fsp3) is 0.500. The standard InChI is InChI=1S/C12H17NO/c1-14-9-10-4-2-5-11(8-10)12(13)6-3-7-12/h2,4-5,8H,3,6-7,9,13H2,1H3. The Kier molecular flexibility index (Phi) is 2.57. The van der Waals surface area contributed by atoms with Crippen LogP contribution >= 0.6 is 0 Å². The first-order chi connectivity index (χ1) is 6.74. The van der Waals surface area contributed by atoms with E-state index in [4.69, 9.17) is 10.5 Å². The van der Waals surface area contributed by atoms with Crippen molar-refractivity contribution in [3.63, 3.8) is 0 Å². The first-order valence-corrected chi connectivity index (χ1v) is 5.12. The summed E-state index contributed by atoms with van der Waals surface area (Å²) in [6.45, 7) is 0.671. The molecule has 0 unspecified atom stereocenters. The maximum absolute atomic E-state index is 6.25. The Labute approximate surface area is 85.1 Å². The van der Waals surface area contributed by atoms with Gasteiger partial charge < -0.3 is 10.5 Å². The molecule has 2 N–H and O–H groups in total. The number of benzene rings is 1. The lowest BCUT2D eigenvalue weighted by Gasteiger charge is -2.38. The van der Waals surface area contributed by atoms with E-state index in [1.54, 1.807) is 7.11 Å². The average Bonchev–Trinajstić information content (AvgIpc) is 2.15. The van der Waals surface area contributed by atoms with Gasteiger partial charge in [0.25, 0.3) is 0 Å². The van der Waals surface area contributed by atoms with Gasteiger partial charge in [-0.2, -0.15) is 0 Å². The summed E-state index contributed by atoms with van der Waals surface area (Å²) in [7, 11) is 1.72. The molecule has 1 saturated carbocycles. The zero-order chi connectivity index (χ0) is 10.0. The fourth-order valence-corrected chi connectivity index (χ4v) is 1.98. The Hall–Kier alpha value is -0.860. The Balaban J connectivity index is 2.21. The van der Waals surface area contributed by atoms with E-state index in [9.17, 15) is 0 Å². The first kappa shape index (κ1) is 9.69. The monoisotopic (exact) mass is 191 g/mol. The molecule has 1 fully saturated rings. The van der Waals surface area contributed by atoms with Crippen molar-refractivity contribution in [2.75, 3.05) is 7.11 Å². The Morgan fingerprint density at radius 2 is 2.21 bits per heavy atom. The van der Waals surface area contributed by atoms with Gasteiger partial charge in [0.2, 0.25) is 0 Å². The van der Waals surface area contributed by atoms with E-state index in [-0.39, 0.29) is 5.54 Å². The Bertz CT molecular complexity index is 318. The summed E-state index contributed by atoms with van der Waals surface area (Å²) in [6, 6.07) is 8.44. The lowest BCUT2D eigenvalue weighted by molar-refractivity contribution is 0.184. The molecule has 0 heterocycles. The maximum atomic E-state index is 6.25. The molecular formula is C12H17NO. The van der Waals surface area contributed by atoms with E-state index in [2.05, 4.69) is 24.3 Å². The van der Waals surface area contributed by atoms with Crippen molar-refractivity contribution in [3.05, 3.63) is 35.4 Å². The van der Waals surface area contributed by atoms with Crippen molar-refractivity contribution >= 4 is 0 Å². The molecule has 2 heteroatoms. The molecule has 0 aromatic heterocycles. The molecule has 2 nitrogen and oxygen atoms in total. The first-order valence-electron chi connectivity index (χ1n) is 5.12. The maximum Gasteiger partial charge on any atom is 0.0713 e. The average molecular weight is 191 g/mol. The number of ether oxygens (including phenoxy) is 1. The molecule has 1 aromatic carbocycles. The van der Waals surface area contributed by atoms with Gasteiger partial charge in [0.05, 0.1) is 6.61 Å². The van der Waals surface area contributed by atoms with Crippen LogP contribution < -0.4 is 5.73 Å². The lowest BCUT2D eigenvalue weighted by atomic mass is 9.72. The summed E-state index contributed by atoms with van der Waals surface area (Å²) in [5, 5.41) is 0. The van der Waals surface area contributed by atoms with Crippen molar-refractivity contribution in [1.29, 1.82) is 0 Å². The zero-order valence-electron chi connectivity index (χ0n) is 8.62. The SMILES string of the molecule is COCc1cccc(C2(N)CCC2)c1. The largest absolute Gasteiger partial charge is 0.380 e. The highest BCUT2D eigenvalue weighted by Gasteiger charge is 2.34. The molecule has 2 rings (SSSR count). The predicted molar refractivity (Wildman–Crippen MR) is 56.9 cm³/mol. The molecule has 0 saturated heterocycles. The second-order valence-electron chi connectivity index (χ2n) is 4.14. The van der Waals surface area contributed by atoms with Crippen molar-refractivity contribution in [1.82, 2.24) is 0 Å². The minimum absolute atomic E-state index is 0.0518. The molecule has 1 aromatic rings. The van der Waals surface area contributed by atoms with Gasteiger partial charge in [-0.25, -0.2) is 0 Å². The molecule has 0 radical (unpaired) electrons. The third kappa shape index (κ3) is 1.68. The van der Waals surface area contributed by atoms with Crippen LogP contribution in [0.2, 0.25) is 0 Å². The number of rotatable bonds is 3. The van der Waals surface area contributed by atoms with Gasteiger partial charge in [-0.15, -0.1) is 0 Å². The highest BCUT2D eigenvalue weighted by Crippen LogP contribution is 2.38. The second-order valence-corrected chi connectivity index (χ2v) is 4.14. The Morgan fingerprint density at radius 1 is 1.43 bits per heavy atom. The van der Waals surface area contributed by atoms with E-state index in [0.29, 0.717) is 6.61 Å². The fourth-order valence-electron chi connectivity index (χ4n) is 1.98. The summed E-state index contributed by atoms with van der Waals surface area (Å²) >= 11 is 0. The van der Waals surface area contributed by atoms with Crippen LogP contribution in [-0.2, 0) is 16.9 Å². The number of nitrogens with two attached hydrogens (primary N) is 1. The number of hydrogen-bond donors (Lipinski definition) is 1. The molecule has 0 spiro atoms. The van der Waals surface area contributed by atoms with Crippen molar-refractivity contribution in [2.24, 2.45) is 5.73 Å². The summed E-state index contributed by atoms with van der Waals surface area (Å²) in [5.41, 5.74) is 8.67. The van der Waals surface area contributed by atoms with Crippen LogP contribution in [0.3, 0.4) is 0 Å². The quantitative estimate of drug-likeness (QED) is 0.794. The van der Waals surface area contributed by atoms with Crippen LogP contribution in [-0.4, -0.2) is 7.11 Å². The van der Waals surface area contributed by atoms with Crippen LogP contribution in [0, 0.1) is 0 Å². The van der Waals surface area contributed by atoms with Crippen LogP contribution in [0.4, 0.5) is 0 Å². The highest BCUT2D eigenvalue weighted by atomic mass is 16.5. The summed E-state index contributed by atoms with van der Waals surface area (Å²) < 4.78 is 5.11. The molecular weight excluding hydrogens is 174 g/mol. The molecule has 0 aliphatic heterocycles. The summed E-state index contributed by atoms with van der Waals surface area (Å²) in [6.07, 6.45) is 3.48. The molecule has 1 aliphatic carbocycles. The van der Waals surface area contributed by atoms with Crippen LogP contribution in [0.15, 0.2) is 24.3 Å². The predicted octanol–water partition coefficient (Wildman–Crippen LogP) is 2.17. The third-order valence-electron chi connectivity index (χ3n) is 3.06. The van der Waals surface area contributed by atoms with Gasteiger partial charge in [-0.3, -0.25) is 0 Å². The van der Waals surface area contributed by atoms with E-state index >= 15 is 0 Å². The number of hydrogen-bond acceptors (Lipinski definition) is 2. The van der Waals surface area contributed by atoms with Gasteiger partial charge in [0.15, 0.2) is 0 Å². The number of methoxy groups -OCH3 is 1. The van der Waals surface area contributed by atoms with Crippen LogP contribution in [0.5, 0.6) is 0 Å². The minimum Gasteiger partial charge on any atom is -0.380 e. The van der Waals surface area contributed by atoms with Gasteiger partial charge in [-0.05, 0) is 30.4 Å². The van der Waals surface area contributed by atoms with Crippen molar-refractivity contribution < 1.29 is 4.74 Å². The Morgan fingerprint density at radius 3 is 2.79 bits per heavy atom. The summed E-state index contributed by atoms with van der Waals surface area (Å²) in [5.74, 6) is 0. The van der Waals surface area contributed by atoms with E-state index in [1.165, 1.54) is 17.5 Å². The molecule has 1 aliphatic rings. The molecule has 14 heavy (non-hydrogen) atoms. The molecule has 0 atom stereocenters. The van der Waals surface area contributed by atoms with Gasteiger partial charge in [0, 0.05) is 12.6 Å². The van der Waals surface area contributed by atoms with Crippen LogP contribution in [0.1, 0.15) is 30.4 Å². The second kappa shape index (κ2) is 3.71. The molecule has 0 bridgehead atoms. The lowest BCUT2D eigenvalue weighted by Crippen LogP contribution is -2.43. The van der Waals surface area contributed by atoms with Crippen molar-refractivity contribution in [2.45, 2.75) is 31.4 Å². The normalized spacial score (nSPS) is 19.0. The molecule has 0 amide bonds. The third-order valence-corrected chi connectivity index (χ3v) is 3.06.